The smallest absolute Gasteiger partial charge is 0.246 e. The fraction of sp³-hybridized carbons (Fsp3) is 0.357. The lowest BCUT2D eigenvalue weighted by atomic mass is 10.0. The SMILES string of the molecule is C=CC(=O)N1Cc2c(Br)c3c(N)ncnc3n2C(C)(C)C1. The van der Waals surface area contributed by atoms with E-state index in [1.54, 1.807) is 4.90 Å². The molecular weight excluding hydrogens is 334 g/mol. The fourth-order valence-electron chi connectivity index (χ4n) is 2.99. The summed E-state index contributed by atoms with van der Waals surface area (Å²) in [6.07, 6.45) is 2.81. The van der Waals surface area contributed by atoms with Gasteiger partial charge in [0.05, 0.1) is 27.6 Å². The maximum Gasteiger partial charge on any atom is 0.246 e. The van der Waals surface area contributed by atoms with Crippen molar-refractivity contribution in [3.05, 3.63) is 29.1 Å². The van der Waals surface area contributed by atoms with Gasteiger partial charge >= 0.3 is 0 Å². The third-order valence-corrected chi connectivity index (χ3v) is 4.68. The zero-order chi connectivity index (χ0) is 15.4. The highest BCUT2D eigenvalue weighted by Crippen LogP contribution is 2.40. The van der Waals surface area contributed by atoms with Crippen LogP contribution < -0.4 is 5.73 Å². The van der Waals surface area contributed by atoms with Crippen molar-refractivity contribution in [3.8, 4) is 0 Å². The number of halogens is 1. The zero-order valence-corrected chi connectivity index (χ0v) is 13.5. The Hall–Kier alpha value is -1.89. The van der Waals surface area contributed by atoms with Gasteiger partial charge in [0.15, 0.2) is 0 Å². The minimum absolute atomic E-state index is 0.0782. The molecule has 6 nitrogen and oxygen atoms in total. The second-order valence-electron chi connectivity index (χ2n) is 5.76. The molecule has 110 valence electrons. The minimum atomic E-state index is -0.294. The number of rotatable bonds is 1. The van der Waals surface area contributed by atoms with Crippen molar-refractivity contribution in [3.63, 3.8) is 0 Å². The van der Waals surface area contributed by atoms with Crippen LogP contribution in [0.1, 0.15) is 19.5 Å². The Kier molecular flexibility index (Phi) is 3.05. The number of anilines is 1. The van der Waals surface area contributed by atoms with Gasteiger partial charge < -0.3 is 15.2 Å². The van der Waals surface area contributed by atoms with Crippen LogP contribution in [-0.2, 0) is 16.9 Å². The van der Waals surface area contributed by atoms with Crippen molar-refractivity contribution >= 4 is 38.7 Å². The summed E-state index contributed by atoms with van der Waals surface area (Å²) in [6, 6.07) is 0. The summed E-state index contributed by atoms with van der Waals surface area (Å²) in [7, 11) is 0. The lowest BCUT2D eigenvalue weighted by Crippen LogP contribution is -2.48. The van der Waals surface area contributed by atoms with Crippen LogP contribution in [0.3, 0.4) is 0 Å². The van der Waals surface area contributed by atoms with Gasteiger partial charge in [-0.1, -0.05) is 6.58 Å². The van der Waals surface area contributed by atoms with Crippen LogP contribution in [0.5, 0.6) is 0 Å². The third kappa shape index (κ3) is 1.95. The summed E-state index contributed by atoms with van der Waals surface area (Å²) < 4.78 is 2.99. The summed E-state index contributed by atoms with van der Waals surface area (Å²) in [5.74, 6) is 0.358. The molecule has 2 aromatic heterocycles. The van der Waals surface area contributed by atoms with Crippen molar-refractivity contribution in [2.45, 2.75) is 25.9 Å². The van der Waals surface area contributed by atoms with Gasteiger partial charge in [-0.3, -0.25) is 4.79 Å². The lowest BCUT2D eigenvalue weighted by Gasteiger charge is -2.40. The molecular formula is C14H16BrN5O. The van der Waals surface area contributed by atoms with Crippen molar-refractivity contribution in [1.82, 2.24) is 19.4 Å². The van der Waals surface area contributed by atoms with Crippen LogP contribution >= 0.6 is 15.9 Å². The Morgan fingerprint density at radius 1 is 1.52 bits per heavy atom. The third-order valence-electron chi connectivity index (χ3n) is 3.82. The maximum absolute atomic E-state index is 12.0. The van der Waals surface area contributed by atoms with Gasteiger partial charge in [-0.15, -0.1) is 0 Å². The van der Waals surface area contributed by atoms with Gasteiger partial charge in [0.2, 0.25) is 5.91 Å². The highest BCUT2D eigenvalue weighted by Gasteiger charge is 2.37. The van der Waals surface area contributed by atoms with Crippen LogP contribution in [0.25, 0.3) is 11.0 Å². The first kappa shape index (κ1) is 14.1. The summed E-state index contributed by atoms with van der Waals surface area (Å²) >= 11 is 3.59. The molecule has 0 bridgehead atoms. The molecule has 0 saturated heterocycles. The molecule has 0 unspecified atom stereocenters. The molecule has 0 radical (unpaired) electrons. The quantitative estimate of drug-likeness (QED) is 0.799. The number of nitrogens with zero attached hydrogens (tertiary/aromatic N) is 4. The van der Waals surface area contributed by atoms with E-state index >= 15 is 0 Å². The Balaban J connectivity index is 2.29. The lowest BCUT2D eigenvalue weighted by molar-refractivity contribution is -0.128. The van der Waals surface area contributed by atoms with E-state index in [1.165, 1.54) is 12.4 Å². The van der Waals surface area contributed by atoms with E-state index in [1.807, 2.05) is 0 Å². The predicted molar refractivity (Wildman–Crippen MR) is 84.6 cm³/mol. The highest BCUT2D eigenvalue weighted by atomic mass is 79.9. The molecule has 0 atom stereocenters. The standard InChI is InChI=1S/C14H16BrN5O/c1-4-9(21)19-5-8-11(15)10-12(16)17-7-18-13(10)20(8)14(2,3)6-19/h4,7H,1,5-6H2,2-3H3,(H2,16,17,18). The van der Waals surface area contributed by atoms with Gasteiger partial charge in [0, 0.05) is 6.54 Å². The molecule has 1 amide bonds. The molecule has 0 spiro atoms. The van der Waals surface area contributed by atoms with E-state index in [4.69, 9.17) is 5.73 Å². The number of hydrogen-bond donors (Lipinski definition) is 1. The monoisotopic (exact) mass is 349 g/mol. The molecule has 1 aliphatic heterocycles. The molecule has 3 heterocycles. The van der Waals surface area contributed by atoms with Crippen LogP contribution in [0.4, 0.5) is 5.82 Å². The predicted octanol–water partition coefficient (Wildman–Crippen LogP) is 2.04. The summed E-state index contributed by atoms with van der Waals surface area (Å²) in [5, 5.41) is 0.800. The van der Waals surface area contributed by atoms with E-state index in [2.05, 4.69) is 50.9 Å². The van der Waals surface area contributed by atoms with Crippen LogP contribution in [0.2, 0.25) is 0 Å². The van der Waals surface area contributed by atoms with E-state index in [0.29, 0.717) is 18.9 Å². The highest BCUT2D eigenvalue weighted by molar-refractivity contribution is 9.10. The first-order valence-electron chi connectivity index (χ1n) is 6.58. The molecule has 0 saturated carbocycles. The molecule has 0 aromatic carbocycles. The summed E-state index contributed by atoms with van der Waals surface area (Å²) in [4.78, 5) is 22.2. The second-order valence-corrected chi connectivity index (χ2v) is 6.56. The molecule has 3 rings (SSSR count). The average Bonchev–Trinajstić information content (AvgIpc) is 2.72. The van der Waals surface area contributed by atoms with E-state index in [9.17, 15) is 4.79 Å². The van der Waals surface area contributed by atoms with Crippen molar-refractivity contribution < 1.29 is 4.79 Å². The van der Waals surface area contributed by atoms with Gasteiger partial charge in [0.25, 0.3) is 0 Å². The Labute approximate surface area is 130 Å². The fourth-order valence-corrected chi connectivity index (χ4v) is 3.67. The Morgan fingerprint density at radius 3 is 2.90 bits per heavy atom. The number of nitrogens with two attached hydrogens (primary N) is 1. The molecule has 2 aromatic rings. The van der Waals surface area contributed by atoms with Gasteiger partial charge in [-0.05, 0) is 35.9 Å². The maximum atomic E-state index is 12.0. The van der Waals surface area contributed by atoms with Crippen LogP contribution in [0.15, 0.2) is 23.5 Å². The van der Waals surface area contributed by atoms with Crippen LogP contribution in [0, 0.1) is 0 Å². The van der Waals surface area contributed by atoms with Crippen molar-refractivity contribution in [2.75, 3.05) is 12.3 Å². The summed E-state index contributed by atoms with van der Waals surface area (Å²) in [6.45, 7) is 8.79. The first-order valence-corrected chi connectivity index (χ1v) is 7.37. The van der Waals surface area contributed by atoms with Crippen molar-refractivity contribution in [1.29, 1.82) is 0 Å². The van der Waals surface area contributed by atoms with E-state index < -0.39 is 0 Å². The van der Waals surface area contributed by atoms with Gasteiger partial charge in [-0.25, -0.2) is 9.97 Å². The number of hydrogen-bond acceptors (Lipinski definition) is 4. The Bertz CT molecular complexity index is 764. The number of aromatic nitrogens is 3. The second kappa shape index (κ2) is 4.56. The largest absolute Gasteiger partial charge is 0.383 e. The van der Waals surface area contributed by atoms with Gasteiger partial charge in [-0.2, -0.15) is 0 Å². The number of amides is 1. The molecule has 2 N–H and O–H groups in total. The molecule has 7 heteroatoms. The van der Waals surface area contributed by atoms with Gasteiger partial charge in [0.1, 0.15) is 17.8 Å². The van der Waals surface area contributed by atoms with E-state index in [-0.39, 0.29) is 11.4 Å². The summed E-state index contributed by atoms with van der Waals surface area (Å²) in [5.41, 5.74) is 7.46. The first-order chi connectivity index (χ1) is 9.86. The number of carbonyl (C=O) groups is 1. The Morgan fingerprint density at radius 2 is 2.24 bits per heavy atom. The number of fused-ring (bicyclic) bond motifs is 3. The number of nitrogen functional groups attached to an aromatic ring is 1. The molecule has 0 fully saturated rings. The topological polar surface area (TPSA) is 77.0 Å². The molecule has 21 heavy (non-hydrogen) atoms. The average molecular weight is 350 g/mol. The zero-order valence-electron chi connectivity index (χ0n) is 11.9. The minimum Gasteiger partial charge on any atom is -0.383 e. The van der Waals surface area contributed by atoms with Crippen LogP contribution in [-0.4, -0.2) is 31.9 Å². The molecule has 1 aliphatic rings. The van der Waals surface area contributed by atoms with Crippen molar-refractivity contribution in [2.24, 2.45) is 0 Å². The number of carbonyl (C=O) groups excluding carboxylic acids is 1. The molecule has 0 aliphatic carbocycles. The normalized spacial score (nSPS) is 16.8. The van der Waals surface area contributed by atoms with E-state index in [0.717, 1.165) is 21.2 Å².